The molecule has 0 saturated heterocycles. The zero-order valence-corrected chi connectivity index (χ0v) is 7.27. The van der Waals surface area contributed by atoms with E-state index in [0.717, 1.165) is 12.1 Å². The number of hydrazine groups is 1. The van der Waals surface area contributed by atoms with E-state index in [4.69, 9.17) is 10.3 Å². The molecule has 0 aliphatic heterocycles. The first-order valence-electron chi connectivity index (χ1n) is 3.22. The highest BCUT2D eigenvalue weighted by Gasteiger charge is 2.19. The Labute approximate surface area is 74.8 Å². The molecule has 0 aliphatic rings. The second kappa shape index (κ2) is 3.30. The molecule has 0 saturated carbocycles. The van der Waals surface area contributed by atoms with Crippen LogP contribution in [0.4, 0.5) is 0 Å². The largest absolute Gasteiger partial charge is 0.508 e. The van der Waals surface area contributed by atoms with Crippen molar-refractivity contribution >= 4 is 10.0 Å². The number of benzene rings is 1. The molecule has 0 radical (unpaired) electrons. The van der Waals surface area contributed by atoms with Crippen LogP contribution in [0.2, 0.25) is 0 Å². The van der Waals surface area contributed by atoms with E-state index in [1.54, 1.807) is 0 Å². The third-order valence-corrected chi connectivity index (χ3v) is 2.74. The maximum atomic E-state index is 11.1. The molecule has 1 aromatic rings. The van der Waals surface area contributed by atoms with Crippen molar-refractivity contribution in [2.45, 2.75) is 4.90 Å². The Bertz CT molecular complexity index is 384. The fourth-order valence-electron chi connectivity index (χ4n) is 0.726. The zero-order valence-electron chi connectivity index (χ0n) is 6.45. The smallest absolute Gasteiger partial charge is 0.278 e. The van der Waals surface area contributed by atoms with Gasteiger partial charge in [0.25, 0.3) is 10.0 Å². The molecule has 6 nitrogen and oxygen atoms in total. The van der Waals surface area contributed by atoms with E-state index in [2.05, 4.69) is 5.84 Å². The molecule has 0 aliphatic carbocycles. The average molecular weight is 204 g/mol. The van der Waals surface area contributed by atoms with E-state index in [9.17, 15) is 8.42 Å². The van der Waals surface area contributed by atoms with E-state index in [-0.39, 0.29) is 15.2 Å². The van der Waals surface area contributed by atoms with Crippen molar-refractivity contribution in [2.24, 2.45) is 5.84 Å². The van der Waals surface area contributed by atoms with Crippen LogP contribution >= 0.6 is 0 Å². The summed E-state index contributed by atoms with van der Waals surface area (Å²) in [6, 6.07) is 4.61. The molecule has 0 bridgehead atoms. The van der Waals surface area contributed by atoms with Gasteiger partial charge in [0.2, 0.25) is 0 Å². The van der Waals surface area contributed by atoms with Crippen LogP contribution in [-0.2, 0) is 10.0 Å². The van der Waals surface area contributed by atoms with Crippen LogP contribution in [0.3, 0.4) is 0 Å². The monoisotopic (exact) mass is 204 g/mol. The first kappa shape index (κ1) is 9.93. The number of phenols is 1. The van der Waals surface area contributed by atoms with Crippen LogP contribution in [0.1, 0.15) is 0 Å². The van der Waals surface area contributed by atoms with Crippen molar-refractivity contribution in [1.29, 1.82) is 0 Å². The second-order valence-corrected chi connectivity index (χ2v) is 4.07. The Balaban J connectivity index is 3.17. The summed E-state index contributed by atoms with van der Waals surface area (Å²) in [6.45, 7) is 0. The van der Waals surface area contributed by atoms with E-state index >= 15 is 0 Å². The molecule has 1 rings (SSSR count). The summed E-state index contributed by atoms with van der Waals surface area (Å²) in [5, 5.41) is 17.4. The topological polar surface area (TPSA) is 104 Å². The Morgan fingerprint density at radius 2 is 1.69 bits per heavy atom. The molecule has 4 N–H and O–H groups in total. The van der Waals surface area contributed by atoms with E-state index in [0.29, 0.717) is 0 Å². The lowest BCUT2D eigenvalue weighted by molar-refractivity contribution is 0.00245. The van der Waals surface area contributed by atoms with Gasteiger partial charge in [-0.1, -0.05) is 0 Å². The van der Waals surface area contributed by atoms with Crippen LogP contribution in [-0.4, -0.2) is 23.3 Å². The minimum Gasteiger partial charge on any atom is -0.508 e. The van der Waals surface area contributed by atoms with Gasteiger partial charge in [-0.15, -0.1) is 0 Å². The molecule has 0 fully saturated rings. The first-order chi connectivity index (χ1) is 5.94. The quantitative estimate of drug-likeness (QED) is 0.451. The van der Waals surface area contributed by atoms with Gasteiger partial charge in [0.1, 0.15) is 5.75 Å². The van der Waals surface area contributed by atoms with Crippen molar-refractivity contribution in [1.82, 2.24) is 4.58 Å². The predicted octanol–water partition coefficient (Wildman–Crippen LogP) is -0.354. The molecule has 0 amide bonds. The first-order valence-corrected chi connectivity index (χ1v) is 4.66. The van der Waals surface area contributed by atoms with Gasteiger partial charge in [0.15, 0.2) is 0 Å². The molecule has 0 atom stereocenters. The zero-order chi connectivity index (χ0) is 10.1. The molecule has 0 heterocycles. The summed E-state index contributed by atoms with van der Waals surface area (Å²) < 4.78 is 21.8. The summed E-state index contributed by atoms with van der Waals surface area (Å²) in [6.07, 6.45) is 0. The lowest BCUT2D eigenvalue weighted by Crippen LogP contribution is -2.33. The van der Waals surface area contributed by atoms with Crippen molar-refractivity contribution in [3.63, 3.8) is 0 Å². The summed E-state index contributed by atoms with van der Waals surface area (Å²) in [5.74, 6) is 4.61. The van der Waals surface area contributed by atoms with Crippen LogP contribution in [0.5, 0.6) is 5.75 Å². The SMILES string of the molecule is NN(O)S(=O)(=O)c1ccc(O)cc1. The van der Waals surface area contributed by atoms with Gasteiger partial charge >= 0.3 is 0 Å². The number of nitrogens with zero attached hydrogens (tertiary/aromatic N) is 1. The number of aromatic hydroxyl groups is 1. The maximum absolute atomic E-state index is 11.1. The summed E-state index contributed by atoms with van der Waals surface area (Å²) in [5.41, 5.74) is 0. The molecule has 1 aromatic carbocycles. The highest BCUT2D eigenvalue weighted by atomic mass is 32.2. The van der Waals surface area contributed by atoms with Crippen LogP contribution < -0.4 is 5.84 Å². The van der Waals surface area contributed by atoms with Gasteiger partial charge < -0.3 is 5.11 Å². The maximum Gasteiger partial charge on any atom is 0.278 e. The Morgan fingerprint density at radius 3 is 2.08 bits per heavy atom. The Morgan fingerprint density at radius 1 is 1.23 bits per heavy atom. The molecular formula is C6H8N2O4S. The summed E-state index contributed by atoms with van der Waals surface area (Å²) in [4.78, 5) is -0.199. The molecule has 7 heteroatoms. The molecular weight excluding hydrogens is 196 g/mol. The van der Waals surface area contributed by atoms with Crippen LogP contribution in [0.25, 0.3) is 0 Å². The molecule has 0 aromatic heterocycles. The number of phenolic OH excluding ortho intramolecular Hbond substituents is 1. The van der Waals surface area contributed by atoms with Crippen LogP contribution in [0, 0.1) is 0 Å². The number of sulfonamides is 1. The molecule has 72 valence electrons. The Kier molecular flexibility index (Phi) is 2.52. The minimum atomic E-state index is -4.04. The summed E-state index contributed by atoms with van der Waals surface area (Å²) >= 11 is 0. The lowest BCUT2D eigenvalue weighted by atomic mass is 10.3. The fraction of sp³-hybridized carbons (Fsp3) is 0. The van der Waals surface area contributed by atoms with E-state index in [1.165, 1.54) is 12.1 Å². The standard InChI is InChI=1S/C6H8N2O4S/c7-8(10)13(11,12)6-3-1-5(9)2-4-6/h1-4,9-10H,7H2. The van der Waals surface area contributed by atoms with Gasteiger partial charge in [-0.2, -0.15) is 0 Å². The number of hydrogen-bond donors (Lipinski definition) is 3. The van der Waals surface area contributed by atoms with Gasteiger partial charge in [0.05, 0.1) is 4.90 Å². The number of hydrogen-bond acceptors (Lipinski definition) is 5. The minimum absolute atomic E-state index is 0.0690. The highest BCUT2D eigenvalue weighted by molar-refractivity contribution is 7.88. The van der Waals surface area contributed by atoms with E-state index < -0.39 is 10.0 Å². The fourth-order valence-corrected chi connectivity index (χ4v) is 1.42. The van der Waals surface area contributed by atoms with Crippen molar-refractivity contribution < 1.29 is 18.7 Å². The molecule has 0 spiro atoms. The van der Waals surface area contributed by atoms with E-state index in [1.807, 2.05) is 0 Å². The van der Waals surface area contributed by atoms with Gasteiger partial charge in [-0.05, 0) is 28.8 Å². The predicted molar refractivity (Wildman–Crippen MR) is 43.1 cm³/mol. The normalized spacial score (nSPS) is 11.9. The van der Waals surface area contributed by atoms with Gasteiger partial charge in [0, 0.05) is 0 Å². The second-order valence-electron chi connectivity index (χ2n) is 2.27. The number of nitrogens with two attached hydrogens (primary N) is 1. The van der Waals surface area contributed by atoms with Crippen molar-refractivity contribution in [3.05, 3.63) is 24.3 Å². The average Bonchev–Trinajstić information content (AvgIpc) is 2.04. The van der Waals surface area contributed by atoms with Gasteiger partial charge in [-0.3, -0.25) is 5.21 Å². The lowest BCUT2D eigenvalue weighted by Gasteiger charge is -2.08. The van der Waals surface area contributed by atoms with Crippen LogP contribution in [0.15, 0.2) is 29.2 Å². The Hall–Kier alpha value is -1.15. The molecule has 13 heavy (non-hydrogen) atoms. The number of rotatable bonds is 2. The van der Waals surface area contributed by atoms with Gasteiger partial charge in [-0.25, -0.2) is 14.3 Å². The van der Waals surface area contributed by atoms with Crippen molar-refractivity contribution in [2.75, 3.05) is 0 Å². The third-order valence-electron chi connectivity index (χ3n) is 1.38. The summed E-state index contributed by atoms with van der Waals surface area (Å²) in [7, 11) is -4.04. The highest BCUT2D eigenvalue weighted by Crippen LogP contribution is 2.15. The third kappa shape index (κ3) is 1.95. The van der Waals surface area contributed by atoms with Crippen molar-refractivity contribution in [3.8, 4) is 5.75 Å². The molecule has 0 unspecified atom stereocenters.